The minimum Gasteiger partial charge on any atom is -0.393 e. The van der Waals surface area contributed by atoms with Crippen LogP contribution in [0.1, 0.15) is 19.3 Å². The first-order valence-electron chi connectivity index (χ1n) is 4.99. The lowest BCUT2D eigenvalue weighted by Gasteiger charge is -2.33. The van der Waals surface area contributed by atoms with Crippen LogP contribution in [0.4, 0.5) is 0 Å². The van der Waals surface area contributed by atoms with Crippen molar-refractivity contribution < 1.29 is 5.11 Å². The Morgan fingerprint density at radius 1 is 1.07 bits per heavy atom. The van der Waals surface area contributed by atoms with Crippen molar-refractivity contribution in [2.45, 2.75) is 31.4 Å². The minimum atomic E-state index is -0.0318. The molecule has 2 rings (SSSR count). The molecule has 2 saturated heterocycles. The lowest BCUT2D eigenvalue weighted by Crippen LogP contribution is -2.43. The first-order chi connectivity index (χ1) is 5.86. The van der Waals surface area contributed by atoms with E-state index >= 15 is 0 Å². The highest BCUT2D eigenvalue weighted by atomic mass is 35.5. The van der Waals surface area contributed by atoms with Crippen molar-refractivity contribution in [2.75, 3.05) is 26.2 Å². The Bertz CT molecular complexity index is 146. The summed E-state index contributed by atoms with van der Waals surface area (Å²) in [6.07, 6.45) is 3.19. The number of nitrogens with one attached hydrogen (secondary N) is 1. The number of hydrogen-bond donors (Lipinski definition) is 2. The molecule has 2 fully saturated rings. The Labute approximate surface area is 98.1 Å². The second-order valence-electron chi connectivity index (χ2n) is 3.91. The fourth-order valence-electron chi connectivity index (χ4n) is 2.20. The van der Waals surface area contributed by atoms with Gasteiger partial charge in [-0.15, -0.1) is 24.8 Å². The van der Waals surface area contributed by atoms with Crippen molar-refractivity contribution in [1.82, 2.24) is 10.2 Å². The van der Waals surface area contributed by atoms with Crippen molar-refractivity contribution in [3.63, 3.8) is 0 Å². The molecule has 2 N–H and O–H groups in total. The second kappa shape index (κ2) is 6.85. The Kier molecular flexibility index (Phi) is 7.08. The van der Waals surface area contributed by atoms with Crippen LogP contribution in [-0.2, 0) is 0 Å². The highest BCUT2D eigenvalue weighted by molar-refractivity contribution is 5.85. The fourth-order valence-corrected chi connectivity index (χ4v) is 2.20. The van der Waals surface area contributed by atoms with Crippen LogP contribution in [0.3, 0.4) is 0 Å². The topological polar surface area (TPSA) is 35.5 Å². The van der Waals surface area contributed by atoms with E-state index in [0.717, 1.165) is 38.5 Å². The molecule has 0 aromatic heterocycles. The molecule has 86 valence electrons. The lowest BCUT2D eigenvalue weighted by molar-refractivity contribution is 0.0649. The van der Waals surface area contributed by atoms with Crippen LogP contribution >= 0.6 is 24.8 Å². The van der Waals surface area contributed by atoms with E-state index in [-0.39, 0.29) is 30.9 Å². The van der Waals surface area contributed by atoms with Gasteiger partial charge in [0.15, 0.2) is 0 Å². The summed E-state index contributed by atoms with van der Waals surface area (Å²) in [7, 11) is 0. The Balaban J connectivity index is 0.000000845. The van der Waals surface area contributed by atoms with Gasteiger partial charge in [0.25, 0.3) is 0 Å². The zero-order chi connectivity index (χ0) is 8.39. The second-order valence-corrected chi connectivity index (χ2v) is 3.91. The van der Waals surface area contributed by atoms with E-state index in [4.69, 9.17) is 0 Å². The number of rotatable bonds is 1. The molecule has 1 atom stereocenters. The largest absolute Gasteiger partial charge is 0.393 e. The Hall–Kier alpha value is 0.460. The predicted octanol–water partition coefficient (Wildman–Crippen LogP) is 0.649. The van der Waals surface area contributed by atoms with Gasteiger partial charge in [0, 0.05) is 25.7 Å². The number of piperidine rings is 1. The summed E-state index contributed by atoms with van der Waals surface area (Å²) in [5.41, 5.74) is 0. The van der Waals surface area contributed by atoms with Crippen molar-refractivity contribution >= 4 is 24.8 Å². The highest BCUT2D eigenvalue weighted by Gasteiger charge is 2.25. The number of hydrogen-bond acceptors (Lipinski definition) is 3. The maximum atomic E-state index is 9.33. The summed E-state index contributed by atoms with van der Waals surface area (Å²) >= 11 is 0. The van der Waals surface area contributed by atoms with E-state index in [0.29, 0.717) is 0 Å². The number of aliphatic hydroxyl groups is 1. The monoisotopic (exact) mass is 242 g/mol. The Morgan fingerprint density at radius 3 is 2.21 bits per heavy atom. The number of aliphatic hydroxyl groups excluding tert-OH is 1. The van der Waals surface area contributed by atoms with Gasteiger partial charge in [0.05, 0.1) is 6.10 Å². The SMILES string of the molecule is Cl.Cl.OC1CCN(C2CCNC2)CC1. The fraction of sp³-hybridized carbons (Fsp3) is 1.00. The minimum absolute atomic E-state index is 0. The summed E-state index contributed by atoms with van der Waals surface area (Å²) in [6.45, 7) is 4.50. The summed E-state index contributed by atoms with van der Waals surface area (Å²) < 4.78 is 0. The average Bonchev–Trinajstić information content (AvgIpc) is 2.58. The summed E-state index contributed by atoms with van der Waals surface area (Å²) in [4.78, 5) is 2.52. The van der Waals surface area contributed by atoms with Gasteiger partial charge in [0.1, 0.15) is 0 Å². The van der Waals surface area contributed by atoms with Gasteiger partial charge in [0.2, 0.25) is 0 Å². The summed E-state index contributed by atoms with van der Waals surface area (Å²) in [5.74, 6) is 0. The molecule has 2 aliphatic heterocycles. The number of halogens is 2. The molecule has 0 aliphatic carbocycles. The molecule has 0 bridgehead atoms. The van der Waals surface area contributed by atoms with Gasteiger partial charge in [-0.2, -0.15) is 0 Å². The molecule has 3 nitrogen and oxygen atoms in total. The van der Waals surface area contributed by atoms with Gasteiger partial charge >= 0.3 is 0 Å². The van der Waals surface area contributed by atoms with Gasteiger partial charge < -0.3 is 10.4 Å². The molecule has 0 amide bonds. The standard InChI is InChI=1S/C9H18N2O.2ClH/c12-9-2-5-11(6-3-9)8-1-4-10-7-8;;/h8-10,12H,1-7H2;2*1H. The molecule has 5 heteroatoms. The van der Waals surface area contributed by atoms with Crippen molar-refractivity contribution in [1.29, 1.82) is 0 Å². The van der Waals surface area contributed by atoms with Crippen LogP contribution < -0.4 is 5.32 Å². The van der Waals surface area contributed by atoms with Crippen LogP contribution in [0.15, 0.2) is 0 Å². The van der Waals surface area contributed by atoms with Gasteiger partial charge in [-0.25, -0.2) is 0 Å². The average molecular weight is 243 g/mol. The molecule has 1 unspecified atom stereocenters. The van der Waals surface area contributed by atoms with Crippen molar-refractivity contribution in [3.8, 4) is 0 Å². The van der Waals surface area contributed by atoms with Crippen molar-refractivity contribution in [2.24, 2.45) is 0 Å². The molecule has 0 radical (unpaired) electrons. The molecule has 2 heterocycles. The van der Waals surface area contributed by atoms with Gasteiger partial charge in [-0.1, -0.05) is 0 Å². The number of nitrogens with zero attached hydrogens (tertiary/aromatic N) is 1. The Morgan fingerprint density at radius 2 is 1.71 bits per heavy atom. The molecule has 0 spiro atoms. The van der Waals surface area contributed by atoms with Gasteiger partial charge in [-0.05, 0) is 25.8 Å². The highest BCUT2D eigenvalue weighted by Crippen LogP contribution is 2.16. The third kappa shape index (κ3) is 3.55. The summed E-state index contributed by atoms with van der Waals surface area (Å²) in [5, 5.41) is 12.7. The van der Waals surface area contributed by atoms with E-state index in [9.17, 15) is 5.11 Å². The zero-order valence-corrected chi connectivity index (χ0v) is 9.95. The third-order valence-electron chi connectivity index (χ3n) is 3.05. The maximum Gasteiger partial charge on any atom is 0.0564 e. The molecule has 2 aliphatic rings. The van der Waals surface area contributed by atoms with Crippen LogP contribution in [-0.4, -0.2) is 48.3 Å². The zero-order valence-electron chi connectivity index (χ0n) is 8.32. The molecular formula is C9H20Cl2N2O. The van der Waals surface area contributed by atoms with Crippen LogP contribution in [0.25, 0.3) is 0 Å². The third-order valence-corrected chi connectivity index (χ3v) is 3.05. The van der Waals surface area contributed by atoms with Crippen molar-refractivity contribution in [3.05, 3.63) is 0 Å². The molecule has 0 saturated carbocycles. The normalized spacial score (nSPS) is 29.4. The summed E-state index contributed by atoms with van der Waals surface area (Å²) in [6, 6.07) is 0.748. The first-order valence-corrected chi connectivity index (χ1v) is 4.99. The van der Waals surface area contributed by atoms with E-state index < -0.39 is 0 Å². The lowest BCUT2D eigenvalue weighted by atomic mass is 10.1. The smallest absolute Gasteiger partial charge is 0.0564 e. The number of likely N-dealkylation sites (tertiary alicyclic amines) is 1. The van der Waals surface area contributed by atoms with Crippen LogP contribution in [0.5, 0.6) is 0 Å². The predicted molar refractivity (Wildman–Crippen MR) is 62.6 cm³/mol. The van der Waals surface area contributed by atoms with E-state index in [1.807, 2.05) is 0 Å². The maximum absolute atomic E-state index is 9.33. The van der Waals surface area contributed by atoms with Gasteiger partial charge in [-0.3, -0.25) is 4.90 Å². The quantitative estimate of drug-likeness (QED) is 0.709. The molecule has 0 aromatic rings. The molecule has 14 heavy (non-hydrogen) atoms. The van der Waals surface area contributed by atoms with Crippen LogP contribution in [0, 0.1) is 0 Å². The molecular weight excluding hydrogens is 223 g/mol. The van der Waals surface area contributed by atoms with Crippen LogP contribution in [0.2, 0.25) is 0 Å². The van der Waals surface area contributed by atoms with E-state index in [1.54, 1.807) is 0 Å². The van der Waals surface area contributed by atoms with E-state index in [2.05, 4.69) is 10.2 Å². The molecule has 0 aromatic carbocycles. The van der Waals surface area contributed by atoms with E-state index in [1.165, 1.54) is 13.0 Å². The first kappa shape index (κ1) is 14.5.